The van der Waals surface area contributed by atoms with Crippen molar-refractivity contribution in [1.29, 1.82) is 0 Å². The monoisotopic (exact) mass is 193 g/mol. The number of hydrogen-bond acceptors (Lipinski definition) is 3. The van der Waals surface area contributed by atoms with Gasteiger partial charge < -0.3 is 5.32 Å². The quantitative estimate of drug-likeness (QED) is 0.718. The van der Waals surface area contributed by atoms with Gasteiger partial charge in [0.1, 0.15) is 0 Å². The van der Waals surface area contributed by atoms with Gasteiger partial charge in [0, 0.05) is 18.8 Å². The Morgan fingerprint density at radius 3 is 2.00 bits per heavy atom. The molecule has 0 aliphatic heterocycles. The molecule has 0 saturated heterocycles. The van der Waals surface area contributed by atoms with E-state index >= 15 is 0 Å². The van der Waals surface area contributed by atoms with E-state index in [0.717, 1.165) is 0 Å². The van der Waals surface area contributed by atoms with Crippen LogP contribution in [0.25, 0.3) is 0 Å². The summed E-state index contributed by atoms with van der Waals surface area (Å²) in [7, 11) is -2.96. The van der Waals surface area contributed by atoms with Crippen molar-refractivity contribution >= 4 is 9.84 Å². The summed E-state index contributed by atoms with van der Waals surface area (Å²) in [5.41, 5.74) is 0. The Kier molecular flexibility index (Phi) is 3.72. The second kappa shape index (κ2) is 3.75. The van der Waals surface area contributed by atoms with Gasteiger partial charge >= 0.3 is 0 Å². The summed E-state index contributed by atoms with van der Waals surface area (Å²) in [5.74, 6) is 0. The number of nitrogens with one attached hydrogen (secondary N) is 1. The normalized spacial score (nSPS) is 13.8. The highest BCUT2D eigenvalue weighted by molar-refractivity contribution is 7.92. The minimum atomic E-state index is -2.96. The lowest BCUT2D eigenvalue weighted by Crippen LogP contribution is -2.43. The molecular weight excluding hydrogens is 174 g/mol. The van der Waals surface area contributed by atoms with Crippen LogP contribution in [0.15, 0.2) is 0 Å². The van der Waals surface area contributed by atoms with Crippen molar-refractivity contribution < 1.29 is 8.42 Å². The highest BCUT2D eigenvalue weighted by Gasteiger charge is 2.29. The molecule has 74 valence electrons. The Bertz CT molecular complexity index is 229. The highest BCUT2D eigenvalue weighted by atomic mass is 32.2. The van der Waals surface area contributed by atoms with E-state index in [4.69, 9.17) is 0 Å². The molecule has 0 saturated carbocycles. The fraction of sp³-hybridized carbons (Fsp3) is 1.00. The topological polar surface area (TPSA) is 46.2 Å². The SMILES string of the molecule is CC(C)NCC(C)(C)S(C)(=O)=O. The molecule has 0 rings (SSSR count). The molecule has 0 atom stereocenters. The standard InChI is InChI=1S/C8H19NO2S/c1-7(2)9-6-8(3,4)12(5,10)11/h7,9H,6H2,1-5H3. The van der Waals surface area contributed by atoms with Crippen molar-refractivity contribution in [1.82, 2.24) is 5.32 Å². The van der Waals surface area contributed by atoms with E-state index in [1.807, 2.05) is 13.8 Å². The van der Waals surface area contributed by atoms with Gasteiger partial charge in [0.25, 0.3) is 0 Å². The fourth-order valence-electron chi connectivity index (χ4n) is 0.581. The molecule has 1 N–H and O–H groups in total. The van der Waals surface area contributed by atoms with Crippen molar-refractivity contribution in [3.05, 3.63) is 0 Å². The van der Waals surface area contributed by atoms with Crippen LogP contribution in [0.4, 0.5) is 0 Å². The minimum absolute atomic E-state index is 0.325. The third kappa shape index (κ3) is 3.54. The predicted molar refractivity (Wildman–Crippen MR) is 52.1 cm³/mol. The van der Waals surface area contributed by atoms with E-state index in [9.17, 15) is 8.42 Å². The summed E-state index contributed by atoms with van der Waals surface area (Å²) in [6.45, 7) is 7.97. The summed E-state index contributed by atoms with van der Waals surface area (Å²) < 4.78 is 21.8. The van der Waals surface area contributed by atoms with Crippen LogP contribution < -0.4 is 5.32 Å². The van der Waals surface area contributed by atoms with Crippen LogP contribution in [0.2, 0.25) is 0 Å². The van der Waals surface area contributed by atoms with Gasteiger partial charge in [-0.2, -0.15) is 0 Å². The van der Waals surface area contributed by atoms with Gasteiger partial charge in [-0.1, -0.05) is 13.8 Å². The zero-order valence-electron chi connectivity index (χ0n) is 8.51. The summed E-state index contributed by atoms with van der Waals surface area (Å²) in [6.07, 6.45) is 1.27. The summed E-state index contributed by atoms with van der Waals surface area (Å²) in [5, 5.41) is 3.11. The first-order chi connectivity index (χ1) is 5.17. The molecule has 0 bridgehead atoms. The van der Waals surface area contributed by atoms with E-state index in [-0.39, 0.29) is 0 Å². The van der Waals surface area contributed by atoms with Gasteiger partial charge in [-0.05, 0) is 13.8 Å². The van der Waals surface area contributed by atoms with E-state index in [0.29, 0.717) is 12.6 Å². The van der Waals surface area contributed by atoms with E-state index in [2.05, 4.69) is 5.32 Å². The number of sulfone groups is 1. The summed E-state index contributed by atoms with van der Waals surface area (Å²) in [6, 6.07) is 0.325. The molecule has 12 heavy (non-hydrogen) atoms. The molecule has 0 amide bonds. The Morgan fingerprint density at radius 2 is 1.75 bits per heavy atom. The van der Waals surface area contributed by atoms with E-state index in [1.54, 1.807) is 13.8 Å². The predicted octanol–water partition coefficient (Wildman–Crippen LogP) is 0.808. The third-order valence-electron chi connectivity index (χ3n) is 1.94. The smallest absolute Gasteiger partial charge is 0.153 e. The minimum Gasteiger partial charge on any atom is -0.313 e. The van der Waals surface area contributed by atoms with Gasteiger partial charge in [0.2, 0.25) is 0 Å². The lowest BCUT2D eigenvalue weighted by atomic mass is 10.2. The van der Waals surface area contributed by atoms with Crippen LogP contribution in [0.1, 0.15) is 27.7 Å². The van der Waals surface area contributed by atoms with Crippen LogP contribution in [0, 0.1) is 0 Å². The molecular formula is C8H19NO2S. The van der Waals surface area contributed by atoms with Crippen molar-refractivity contribution in [3.8, 4) is 0 Å². The molecule has 0 heterocycles. The molecule has 0 fully saturated rings. The maximum absolute atomic E-state index is 11.2. The van der Waals surface area contributed by atoms with Gasteiger partial charge in [-0.3, -0.25) is 0 Å². The zero-order valence-corrected chi connectivity index (χ0v) is 9.33. The fourth-order valence-corrected chi connectivity index (χ4v) is 0.927. The van der Waals surface area contributed by atoms with Crippen LogP contribution in [-0.2, 0) is 9.84 Å². The van der Waals surface area contributed by atoms with E-state index < -0.39 is 14.6 Å². The van der Waals surface area contributed by atoms with Crippen LogP contribution in [0.3, 0.4) is 0 Å². The first-order valence-electron chi connectivity index (χ1n) is 4.10. The average molecular weight is 193 g/mol. The molecule has 3 nitrogen and oxygen atoms in total. The lowest BCUT2D eigenvalue weighted by Gasteiger charge is -2.24. The molecule has 0 aliphatic rings. The van der Waals surface area contributed by atoms with Crippen molar-refractivity contribution in [3.63, 3.8) is 0 Å². The Morgan fingerprint density at radius 1 is 1.33 bits per heavy atom. The summed E-state index contributed by atoms with van der Waals surface area (Å²) >= 11 is 0. The zero-order chi connectivity index (χ0) is 9.99. The molecule has 0 aliphatic carbocycles. The molecule has 0 aromatic carbocycles. The summed E-state index contributed by atoms with van der Waals surface area (Å²) in [4.78, 5) is 0. The van der Waals surface area contributed by atoms with Gasteiger partial charge in [-0.15, -0.1) is 0 Å². The molecule has 4 heteroatoms. The largest absolute Gasteiger partial charge is 0.313 e. The molecule has 0 aromatic heterocycles. The molecule has 0 aromatic rings. The average Bonchev–Trinajstić information content (AvgIpc) is 1.81. The van der Waals surface area contributed by atoms with Crippen molar-refractivity contribution in [2.45, 2.75) is 38.5 Å². The molecule has 0 unspecified atom stereocenters. The first-order valence-corrected chi connectivity index (χ1v) is 5.99. The Balaban J connectivity index is 4.25. The van der Waals surface area contributed by atoms with Crippen LogP contribution >= 0.6 is 0 Å². The maximum atomic E-state index is 11.2. The van der Waals surface area contributed by atoms with E-state index in [1.165, 1.54) is 6.26 Å². The second-order valence-corrected chi connectivity index (χ2v) is 6.72. The van der Waals surface area contributed by atoms with Crippen molar-refractivity contribution in [2.75, 3.05) is 12.8 Å². The number of hydrogen-bond donors (Lipinski definition) is 1. The van der Waals surface area contributed by atoms with Crippen molar-refractivity contribution in [2.24, 2.45) is 0 Å². The third-order valence-corrected chi connectivity index (χ3v) is 4.09. The lowest BCUT2D eigenvalue weighted by molar-refractivity contribution is 0.495. The van der Waals surface area contributed by atoms with Gasteiger partial charge in [0.05, 0.1) is 4.75 Å². The molecule has 0 spiro atoms. The Labute approximate surface area is 75.5 Å². The van der Waals surface area contributed by atoms with Crippen LogP contribution in [0.5, 0.6) is 0 Å². The van der Waals surface area contributed by atoms with Gasteiger partial charge in [0.15, 0.2) is 9.84 Å². The first kappa shape index (κ1) is 11.9. The van der Waals surface area contributed by atoms with Crippen LogP contribution in [-0.4, -0.2) is 32.0 Å². The molecule has 0 radical (unpaired) electrons. The highest BCUT2D eigenvalue weighted by Crippen LogP contribution is 2.13. The number of rotatable bonds is 4. The van der Waals surface area contributed by atoms with Gasteiger partial charge in [-0.25, -0.2) is 8.42 Å². The second-order valence-electron chi connectivity index (χ2n) is 4.07. The Hall–Kier alpha value is -0.0900. The maximum Gasteiger partial charge on any atom is 0.153 e.